The number of rotatable bonds is 2. The summed E-state index contributed by atoms with van der Waals surface area (Å²) in [6.45, 7) is 9.53. The molecule has 1 heterocycles. The van der Waals surface area contributed by atoms with Gasteiger partial charge < -0.3 is 4.74 Å². The zero-order valence-corrected chi connectivity index (χ0v) is 6.47. The Hall–Kier alpha value is -0.340. The van der Waals surface area contributed by atoms with Gasteiger partial charge in [0.2, 0.25) is 0 Å². The number of ether oxygens (including phenoxy) is 1. The van der Waals surface area contributed by atoms with E-state index in [2.05, 4.69) is 18.4 Å². The summed E-state index contributed by atoms with van der Waals surface area (Å²) in [6.07, 6.45) is 1.89. The molecule has 0 bridgehead atoms. The van der Waals surface area contributed by atoms with E-state index in [1.807, 2.05) is 6.08 Å². The summed E-state index contributed by atoms with van der Waals surface area (Å²) in [5.74, 6) is 0. The normalized spacial score (nSPS) is 21.4. The van der Waals surface area contributed by atoms with Crippen LogP contribution >= 0.6 is 0 Å². The topological polar surface area (TPSA) is 12.5 Å². The molecule has 2 heteroatoms. The number of nitrogens with zero attached hydrogens (tertiary/aromatic N) is 1. The van der Waals surface area contributed by atoms with Crippen LogP contribution in [0.25, 0.3) is 0 Å². The molecule has 0 aromatic carbocycles. The van der Waals surface area contributed by atoms with Crippen LogP contribution in [0, 0.1) is 6.04 Å². The van der Waals surface area contributed by atoms with E-state index >= 15 is 0 Å². The highest BCUT2D eigenvalue weighted by Crippen LogP contribution is 2.09. The molecule has 0 saturated carbocycles. The van der Waals surface area contributed by atoms with Gasteiger partial charge in [-0.15, -0.1) is 6.58 Å². The highest BCUT2D eigenvalue weighted by molar-refractivity contribution is 5.01. The van der Waals surface area contributed by atoms with Crippen molar-refractivity contribution in [3.05, 3.63) is 18.7 Å². The monoisotopic (exact) mass is 140 g/mol. The second-order valence-electron chi connectivity index (χ2n) is 2.44. The van der Waals surface area contributed by atoms with Crippen LogP contribution in [0.1, 0.15) is 6.92 Å². The Kier molecular flexibility index (Phi) is 2.90. The van der Waals surface area contributed by atoms with Crippen molar-refractivity contribution in [2.24, 2.45) is 0 Å². The molecular formula is C8H14NO. The van der Waals surface area contributed by atoms with Crippen molar-refractivity contribution < 1.29 is 4.74 Å². The quantitative estimate of drug-likeness (QED) is 0.568. The maximum absolute atomic E-state index is 5.21. The van der Waals surface area contributed by atoms with Crippen molar-refractivity contribution in [1.82, 2.24) is 4.90 Å². The van der Waals surface area contributed by atoms with Crippen LogP contribution in [-0.4, -0.2) is 31.2 Å². The smallest absolute Gasteiger partial charge is 0.0594 e. The van der Waals surface area contributed by atoms with Crippen LogP contribution in [0.15, 0.2) is 12.7 Å². The van der Waals surface area contributed by atoms with Gasteiger partial charge >= 0.3 is 0 Å². The second-order valence-corrected chi connectivity index (χ2v) is 2.44. The Morgan fingerprint density at radius 2 is 2.10 bits per heavy atom. The first kappa shape index (κ1) is 7.76. The molecule has 0 aromatic heterocycles. The Labute approximate surface area is 62.5 Å². The molecule has 0 aliphatic carbocycles. The molecule has 57 valence electrons. The lowest BCUT2D eigenvalue weighted by molar-refractivity contribution is 0.0455. The average Bonchev–Trinajstić information content (AvgIpc) is 2.05. The first-order valence-electron chi connectivity index (χ1n) is 3.63. The zero-order chi connectivity index (χ0) is 7.40. The average molecular weight is 140 g/mol. The molecule has 1 aliphatic heterocycles. The molecular weight excluding hydrogens is 126 g/mol. The molecule has 1 fully saturated rings. The van der Waals surface area contributed by atoms with E-state index < -0.39 is 0 Å². The van der Waals surface area contributed by atoms with Crippen LogP contribution in [0.2, 0.25) is 0 Å². The van der Waals surface area contributed by atoms with Gasteiger partial charge in [-0.2, -0.15) is 0 Å². The predicted octanol–water partition coefficient (Wildman–Crippen LogP) is 1.06. The minimum absolute atomic E-state index is 0.852. The van der Waals surface area contributed by atoms with Crippen LogP contribution in [0.5, 0.6) is 0 Å². The lowest BCUT2D eigenvalue weighted by Gasteiger charge is -2.29. The molecule has 0 unspecified atom stereocenters. The molecule has 1 saturated heterocycles. The first-order chi connectivity index (χ1) is 4.84. The summed E-state index contributed by atoms with van der Waals surface area (Å²) in [4.78, 5) is 2.29. The van der Waals surface area contributed by atoms with Crippen LogP contribution in [0.4, 0.5) is 0 Å². The molecule has 1 radical (unpaired) electrons. The predicted molar refractivity (Wildman–Crippen MR) is 41.5 cm³/mol. The molecule has 0 amide bonds. The Morgan fingerprint density at radius 1 is 1.50 bits per heavy atom. The summed E-state index contributed by atoms with van der Waals surface area (Å²) < 4.78 is 5.21. The van der Waals surface area contributed by atoms with Crippen LogP contribution < -0.4 is 0 Å². The fraction of sp³-hybridized carbons (Fsp3) is 0.625. The molecule has 2 nitrogen and oxygen atoms in total. The molecule has 1 rings (SSSR count). The van der Waals surface area contributed by atoms with Crippen molar-refractivity contribution in [2.75, 3.05) is 26.3 Å². The lowest BCUT2D eigenvalue weighted by atomic mass is 10.2. The molecule has 0 atom stereocenters. The van der Waals surface area contributed by atoms with E-state index in [9.17, 15) is 0 Å². The van der Waals surface area contributed by atoms with Crippen molar-refractivity contribution in [3.8, 4) is 0 Å². The van der Waals surface area contributed by atoms with Gasteiger partial charge in [0.1, 0.15) is 0 Å². The van der Waals surface area contributed by atoms with Gasteiger partial charge in [0.15, 0.2) is 0 Å². The van der Waals surface area contributed by atoms with E-state index in [0.29, 0.717) is 0 Å². The van der Waals surface area contributed by atoms with Gasteiger partial charge in [0, 0.05) is 13.1 Å². The summed E-state index contributed by atoms with van der Waals surface area (Å²) in [5.41, 5.74) is 0. The van der Waals surface area contributed by atoms with Gasteiger partial charge in [-0.05, 0) is 6.92 Å². The molecule has 10 heavy (non-hydrogen) atoms. The van der Waals surface area contributed by atoms with E-state index in [1.165, 1.54) is 6.04 Å². The van der Waals surface area contributed by atoms with Gasteiger partial charge in [-0.3, -0.25) is 4.90 Å². The number of morpholine rings is 1. The number of hydrogen-bond acceptors (Lipinski definition) is 2. The molecule has 1 aliphatic rings. The SMILES string of the molecule is C=C[C](C)N1CCOCC1. The largest absolute Gasteiger partial charge is 0.379 e. The Balaban J connectivity index is 2.30. The summed E-state index contributed by atoms with van der Waals surface area (Å²) in [7, 11) is 0. The summed E-state index contributed by atoms with van der Waals surface area (Å²) in [6, 6.07) is 1.25. The lowest BCUT2D eigenvalue weighted by Crippen LogP contribution is -2.37. The third-order valence-corrected chi connectivity index (χ3v) is 1.81. The third-order valence-electron chi connectivity index (χ3n) is 1.81. The highest BCUT2D eigenvalue weighted by atomic mass is 16.5. The van der Waals surface area contributed by atoms with E-state index in [1.54, 1.807) is 0 Å². The zero-order valence-electron chi connectivity index (χ0n) is 6.47. The van der Waals surface area contributed by atoms with Gasteiger partial charge in [0.25, 0.3) is 0 Å². The van der Waals surface area contributed by atoms with Crippen molar-refractivity contribution in [1.29, 1.82) is 0 Å². The maximum atomic E-state index is 5.21. The standard InChI is InChI=1S/C8H14NO/c1-3-8(2)9-4-6-10-7-5-9/h3H,1,4-7H2,2H3. The van der Waals surface area contributed by atoms with Crippen molar-refractivity contribution in [3.63, 3.8) is 0 Å². The van der Waals surface area contributed by atoms with E-state index in [-0.39, 0.29) is 0 Å². The molecule has 0 spiro atoms. The third kappa shape index (κ3) is 1.82. The van der Waals surface area contributed by atoms with Crippen LogP contribution in [-0.2, 0) is 4.74 Å². The van der Waals surface area contributed by atoms with Gasteiger partial charge in [-0.1, -0.05) is 6.08 Å². The molecule has 0 aromatic rings. The van der Waals surface area contributed by atoms with Gasteiger partial charge in [0.05, 0.1) is 19.3 Å². The Morgan fingerprint density at radius 3 is 2.60 bits per heavy atom. The fourth-order valence-corrected chi connectivity index (χ4v) is 1.05. The van der Waals surface area contributed by atoms with Crippen molar-refractivity contribution >= 4 is 0 Å². The molecule has 0 N–H and O–H groups in total. The Bertz CT molecular complexity index is 108. The van der Waals surface area contributed by atoms with Crippen molar-refractivity contribution in [2.45, 2.75) is 6.92 Å². The van der Waals surface area contributed by atoms with E-state index in [0.717, 1.165) is 26.3 Å². The number of hydrogen-bond donors (Lipinski definition) is 0. The second kappa shape index (κ2) is 3.74. The summed E-state index contributed by atoms with van der Waals surface area (Å²) in [5, 5.41) is 0. The van der Waals surface area contributed by atoms with E-state index in [4.69, 9.17) is 4.74 Å². The first-order valence-corrected chi connectivity index (χ1v) is 3.63. The summed E-state index contributed by atoms with van der Waals surface area (Å²) >= 11 is 0. The fourth-order valence-electron chi connectivity index (χ4n) is 1.05. The minimum atomic E-state index is 0.852. The van der Waals surface area contributed by atoms with Crippen LogP contribution in [0.3, 0.4) is 0 Å². The highest BCUT2D eigenvalue weighted by Gasteiger charge is 2.14. The maximum Gasteiger partial charge on any atom is 0.0594 e. The van der Waals surface area contributed by atoms with Gasteiger partial charge in [-0.25, -0.2) is 0 Å². The minimum Gasteiger partial charge on any atom is -0.379 e.